The molecule has 0 radical (unpaired) electrons. The van der Waals surface area contributed by atoms with Gasteiger partial charge in [0.1, 0.15) is 0 Å². The highest BCUT2D eigenvalue weighted by Gasteiger charge is 2.25. The van der Waals surface area contributed by atoms with Gasteiger partial charge in [-0.1, -0.05) is 18.2 Å². The normalized spacial score (nSPS) is 12.0. The molecule has 1 aliphatic carbocycles. The van der Waals surface area contributed by atoms with Gasteiger partial charge < -0.3 is 15.0 Å². The van der Waals surface area contributed by atoms with E-state index in [1.165, 1.54) is 6.20 Å². The van der Waals surface area contributed by atoms with Gasteiger partial charge in [-0.15, -0.1) is 0 Å². The van der Waals surface area contributed by atoms with E-state index >= 15 is 0 Å². The summed E-state index contributed by atoms with van der Waals surface area (Å²) < 4.78 is 1.55. The Morgan fingerprint density at radius 3 is 3.00 bits per heavy atom. The number of hydrogen-bond donors (Lipinski definition) is 2. The molecule has 0 fully saturated rings. The average molecular weight is 338 g/mol. The zero-order chi connectivity index (χ0) is 17.7. The molecule has 2 aromatic heterocycles. The summed E-state index contributed by atoms with van der Waals surface area (Å²) in [6.45, 7) is 0.493. The number of nitrogens with one attached hydrogen (secondary N) is 1. The van der Waals surface area contributed by atoms with E-state index in [0.717, 1.165) is 28.8 Å². The molecule has 0 spiro atoms. The molecular weight excluding hydrogens is 324 g/mol. The topological polar surface area (TPSA) is 108 Å². The largest absolute Gasteiger partial charge is 0.476 e. The second-order valence-electron chi connectivity index (χ2n) is 6.09. The fraction of sp³-hybridized carbons (Fsp3) is 0.176. The van der Waals surface area contributed by atoms with Gasteiger partial charge >= 0.3 is 5.97 Å². The van der Waals surface area contributed by atoms with Gasteiger partial charge in [0.2, 0.25) is 12.1 Å². The van der Waals surface area contributed by atoms with Gasteiger partial charge in [0.15, 0.2) is 5.69 Å². The number of fused-ring (bicyclic) bond motifs is 5. The van der Waals surface area contributed by atoms with E-state index in [-0.39, 0.29) is 11.3 Å². The van der Waals surface area contributed by atoms with Crippen molar-refractivity contribution in [2.45, 2.75) is 13.0 Å². The van der Waals surface area contributed by atoms with Crippen molar-refractivity contribution in [2.24, 2.45) is 0 Å². The van der Waals surface area contributed by atoms with Crippen LogP contribution in [0.15, 0.2) is 29.2 Å². The third kappa shape index (κ3) is 2.30. The first-order valence-corrected chi connectivity index (χ1v) is 7.63. The van der Waals surface area contributed by atoms with Gasteiger partial charge in [0.25, 0.3) is 5.56 Å². The van der Waals surface area contributed by atoms with Crippen LogP contribution in [-0.4, -0.2) is 43.8 Å². The molecule has 1 aromatic carbocycles. The van der Waals surface area contributed by atoms with Gasteiger partial charge in [-0.25, -0.2) is 9.78 Å². The lowest BCUT2D eigenvalue weighted by atomic mass is 10.1. The molecule has 0 atom stereocenters. The molecule has 0 saturated heterocycles. The van der Waals surface area contributed by atoms with Crippen LogP contribution in [0.3, 0.4) is 0 Å². The number of benzene rings is 1. The standard InChI is InChI=1S/C17H14N4O4/c1-20(8-22)6-9-2-3-11-10(4-9)5-13-14(11)19-16(23)15-18-12(17(24)25)7-21(13)15/h2-4,7-8H,5-6H2,1H3,(H,19,23)(H,24,25). The Balaban J connectivity index is 1.85. The lowest BCUT2D eigenvalue weighted by Gasteiger charge is -2.11. The van der Waals surface area contributed by atoms with Gasteiger partial charge in [-0.3, -0.25) is 14.0 Å². The number of carbonyl (C=O) groups excluding carboxylic acids is 1. The van der Waals surface area contributed by atoms with Crippen LogP contribution in [0.5, 0.6) is 0 Å². The zero-order valence-electron chi connectivity index (χ0n) is 13.3. The Kier molecular flexibility index (Phi) is 3.21. The van der Waals surface area contributed by atoms with Crippen molar-refractivity contribution in [3.63, 3.8) is 0 Å². The third-order valence-corrected chi connectivity index (χ3v) is 4.35. The van der Waals surface area contributed by atoms with E-state index in [2.05, 4.69) is 9.97 Å². The van der Waals surface area contributed by atoms with Crippen LogP contribution in [0.1, 0.15) is 27.3 Å². The number of imidazole rings is 1. The van der Waals surface area contributed by atoms with Crippen LogP contribution in [0.25, 0.3) is 16.9 Å². The average Bonchev–Trinajstić information content (AvgIpc) is 3.17. The van der Waals surface area contributed by atoms with Gasteiger partial charge in [0.05, 0.1) is 11.4 Å². The molecule has 126 valence electrons. The molecule has 1 aliphatic rings. The maximum atomic E-state index is 12.3. The van der Waals surface area contributed by atoms with Crippen molar-refractivity contribution in [1.29, 1.82) is 0 Å². The molecule has 8 heteroatoms. The molecule has 1 amide bonds. The molecular formula is C17H14N4O4. The maximum Gasteiger partial charge on any atom is 0.356 e. The Hall–Kier alpha value is -3.42. The Morgan fingerprint density at radius 2 is 2.28 bits per heavy atom. The summed E-state index contributed by atoms with van der Waals surface area (Å²) in [6.07, 6.45) is 2.69. The molecule has 25 heavy (non-hydrogen) atoms. The summed E-state index contributed by atoms with van der Waals surface area (Å²) >= 11 is 0. The number of amides is 1. The summed E-state index contributed by atoms with van der Waals surface area (Å²) in [5, 5.41) is 9.12. The predicted octanol–water partition coefficient (Wildman–Crippen LogP) is 0.880. The first-order valence-electron chi connectivity index (χ1n) is 7.63. The number of nitrogens with zero attached hydrogens (tertiary/aromatic N) is 3. The molecule has 0 saturated carbocycles. The van der Waals surface area contributed by atoms with Crippen LogP contribution in [0.2, 0.25) is 0 Å². The monoisotopic (exact) mass is 338 g/mol. The van der Waals surface area contributed by atoms with Crippen LogP contribution in [-0.2, 0) is 17.8 Å². The molecule has 0 aliphatic heterocycles. The van der Waals surface area contributed by atoms with E-state index in [4.69, 9.17) is 5.11 Å². The summed E-state index contributed by atoms with van der Waals surface area (Å²) in [5.74, 6) is -1.17. The first-order chi connectivity index (χ1) is 12.0. The van der Waals surface area contributed by atoms with Crippen molar-refractivity contribution in [3.8, 4) is 11.3 Å². The lowest BCUT2D eigenvalue weighted by Crippen LogP contribution is -2.14. The number of aromatic carboxylic acids is 1. The number of rotatable bonds is 4. The smallest absolute Gasteiger partial charge is 0.356 e. The molecule has 0 bridgehead atoms. The highest BCUT2D eigenvalue weighted by atomic mass is 16.4. The summed E-state index contributed by atoms with van der Waals surface area (Å²) in [5.41, 5.74) is 3.86. The molecule has 3 aromatic rings. The van der Waals surface area contributed by atoms with Crippen LogP contribution in [0.4, 0.5) is 0 Å². The maximum absolute atomic E-state index is 12.3. The molecule has 0 unspecified atom stereocenters. The Labute approximate surface area is 141 Å². The zero-order valence-corrected chi connectivity index (χ0v) is 13.3. The molecule has 2 N–H and O–H groups in total. The van der Waals surface area contributed by atoms with E-state index < -0.39 is 11.5 Å². The lowest BCUT2D eigenvalue weighted by molar-refractivity contribution is -0.117. The molecule has 8 nitrogen and oxygen atoms in total. The van der Waals surface area contributed by atoms with E-state index in [1.54, 1.807) is 16.3 Å². The second kappa shape index (κ2) is 5.30. The first kappa shape index (κ1) is 15.1. The number of aromatic nitrogens is 3. The number of carboxylic acids is 1. The van der Waals surface area contributed by atoms with Crippen molar-refractivity contribution in [1.82, 2.24) is 19.3 Å². The van der Waals surface area contributed by atoms with Crippen molar-refractivity contribution in [2.75, 3.05) is 7.05 Å². The third-order valence-electron chi connectivity index (χ3n) is 4.35. The predicted molar refractivity (Wildman–Crippen MR) is 88.5 cm³/mol. The van der Waals surface area contributed by atoms with Crippen LogP contribution >= 0.6 is 0 Å². The number of aromatic amines is 1. The summed E-state index contributed by atoms with van der Waals surface area (Å²) in [6, 6.07) is 5.81. The van der Waals surface area contributed by atoms with Gasteiger partial charge in [0, 0.05) is 31.8 Å². The highest BCUT2D eigenvalue weighted by Crippen LogP contribution is 2.35. The van der Waals surface area contributed by atoms with Crippen LogP contribution in [0, 0.1) is 0 Å². The Bertz CT molecular complexity index is 1100. The van der Waals surface area contributed by atoms with Gasteiger partial charge in [-0.05, 0) is 11.1 Å². The SMILES string of the molecule is CN(C=O)Cc1ccc2c(c1)Cc1c-2[nH]c(=O)c2nc(C(=O)O)cn12. The summed E-state index contributed by atoms with van der Waals surface area (Å²) in [7, 11) is 1.70. The number of carbonyl (C=O) groups is 2. The van der Waals surface area contributed by atoms with Crippen LogP contribution < -0.4 is 5.56 Å². The molecule has 2 heterocycles. The quantitative estimate of drug-likeness (QED) is 0.537. The number of H-pyrrole nitrogens is 1. The fourth-order valence-electron chi connectivity index (χ4n) is 3.25. The van der Waals surface area contributed by atoms with Crippen molar-refractivity contribution < 1.29 is 14.7 Å². The minimum atomic E-state index is -1.17. The number of hydrogen-bond acceptors (Lipinski definition) is 4. The van der Waals surface area contributed by atoms with E-state index in [1.807, 2.05) is 18.2 Å². The molecule has 4 rings (SSSR count). The highest BCUT2D eigenvalue weighted by molar-refractivity contribution is 5.86. The van der Waals surface area contributed by atoms with Crippen molar-refractivity contribution in [3.05, 3.63) is 57.3 Å². The van der Waals surface area contributed by atoms with E-state index in [9.17, 15) is 14.4 Å². The van der Waals surface area contributed by atoms with Crippen molar-refractivity contribution >= 4 is 18.0 Å². The van der Waals surface area contributed by atoms with E-state index in [0.29, 0.717) is 18.7 Å². The fourth-order valence-corrected chi connectivity index (χ4v) is 3.25. The summed E-state index contributed by atoms with van der Waals surface area (Å²) in [4.78, 5) is 42.5. The van der Waals surface area contributed by atoms with Gasteiger partial charge in [-0.2, -0.15) is 0 Å². The number of carboxylic acid groups (broad SMARTS) is 1. The minimum Gasteiger partial charge on any atom is -0.476 e. The Morgan fingerprint density at radius 1 is 1.48 bits per heavy atom. The minimum absolute atomic E-state index is 0.0740. The second-order valence-corrected chi connectivity index (χ2v) is 6.09.